The van der Waals surface area contributed by atoms with Gasteiger partial charge in [-0.3, -0.25) is 0 Å². The summed E-state index contributed by atoms with van der Waals surface area (Å²) in [4.78, 5) is 0. The van der Waals surface area contributed by atoms with Gasteiger partial charge in [-0.1, -0.05) is 78.9 Å². The molecule has 0 amide bonds. The van der Waals surface area contributed by atoms with Crippen LogP contribution in [-0.4, -0.2) is 21.8 Å². The van der Waals surface area contributed by atoms with E-state index in [1.165, 1.54) is 32.6 Å². The number of nitrogens with zero attached hydrogens (tertiary/aromatic N) is 2. The van der Waals surface area contributed by atoms with Crippen molar-refractivity contribution in [3.63, 3.8) is 0 Å². The van der Waals surface area contributed by atoms with Crippen molar-refractivity contribution >= 4 is 51.3 Å². The predicted molar refractivity (Wildman–Crippen MR) is 169 cm³/mol. The molecule has 8 rings (SSSR count). The third-order valence-corrected chi connectivity index (χ3v) is 7.94. The van der Waals surface area contributed by atoms with Crippen LogP contribution in [-0.2, 0) is 0 Å². The first kappa shape index (κ1) is 23.6. The van der Waals surface area contributed by atoms with Crippen LogP contribution in [0.2, 0.25) is 0 Å². The molecule has 8 aromatic rings. The Morgan fingerprint density at radius 3 is 1.73 bits per heavy atom. The molecule has 2 heterocycles. The lowest BCUT2D eigenvalue weighted by atomic mass is 10.0. The first-order valence-electron chi connectivity index (χ1n) is 13.7. The van der Waals surface area contributed by atoms with E-state index in [1.54, 1.807) is 0 Å². The summed E-state index contributed by atoms with van der Waals surface area (Å²) in [6.45, 7) is 0. The summed E-state index contributed by atoms with van der Waals surface area (Å²) in [5.74, 6) is 0.588. The van der Waals surface area contributed by atoms with Gasteiger partial charge in [0.1, 0.15) is 5.75 Å². The number of hydrogen-bond donors (Lipinski definition) is 1. The first-order chi connectivity index (χ1) is 20.3. The number of aromatic nitrogens is 2. The summed E-state index contributed by atoms with van der Waals surface area (Å²) in [5.41, 5.74) is 9.00. The third-order valence-electron chi connectivity index (χ3n) is 7.94. The highest BCUT2D eigenvalue weighted by molar-refractivity contribution is 6.19. The Kier molecular flexibility index (Phi) is 5.44. The van der Waals surface area contributed by atoms with E-state index in [-0.39, 0.29) is 0 Å². The maximum atomic E-state index is 9.13. The summed E-state index contributed by atoms with van der Waals surface area (Å²) < 4.78 is 9.97. The summed E-state index contributed by atoms with van der Waals surface area (Å²) >= 11 is 0. The lowest BCUT2D eigenvalue weighted by Gasteiger charge is -2.11. The van der Waals surface area contributed by atoms with Crippen LogP contribution in [0.15, 0.2) is 140 Å². The molecule has 0 bridgehead atoms. The monoisotopic (exact) mass is 527 g/mol. The zero-order valence-electron chi connectivity index (χ0n) is 22.1. The van der Waals surface area contributed by atoms with Gasteiger partial charge in [0.2, 0.25) is 0 Å². The molecule has 4 nitrogen and oxygen atoms in total. The minimum absolute atomic E-state index is 0.588. The second-order valence-corrected chi connectivity index (χ2v) is 10.2. The summed E-state index contributed by atoms with van der Waals surface area (Å²) in [6, 6.07) is 48.9. The minimum Gasteiger partial charge on any atom is -0.537 e. The van der Waals surface area contributed by atoms with Crippen LogP contribution >= 0.6 is 0 Å². The molecule has 193 valence electrons. The maximum absolute atomic E-state index is 9.13. The van der Waals surface area contributed by atoms with Crippen LogP contribution in [0.4, 0.5) is 0 Å². The van der Waals surface area contributed by atoms with Crippen molar-refractivity contribution in [1.82, 2.24) is 9.13 Å². The van der Waals surface area contributed by atoms with Gasteiger partial charge in [0.25, 0.3) is 0 Å². The van der Waals surface area contributed by atoms with Gasteiger partial charge in [0.05, 0.1) is 22.1 Å². The van der Waals surface area contributed by atoms with Gasteiger partial charge in [0.15, 0.2) is 0 Å². The molecule has 41 heavy (non-hydrogen) atoms. The maximum Gasteiger partial charge on any atom is 0.569 e. The Morgan fingerprint density at radius 1 is 0.439 bits per heavy atom. The highest BCUT2D eigenvalue weighted by atomic mass is 16.5. The minimum atomic E-state index is 0.588. The van der Waals surface area contributed by atoms with Crippen LogP contribution in [0.25, 0.3) is 66.1 Å². The second-order valence-electron chi connectivity index (χ2n) is 10.2. The molecule has 0 spiro atoms. The SMILES string of the molecule is O[B]Oc1cccc(-c2ccc3c4cc5c6ccccc6n(-c6ccccc6)c5cc4n(-c4ccccc4)c3c2)c1. The molecule has 1 N–H and O–H groups in total. The van der Waals surface area contributed by atoms with Crippen molar-refractivity contribution < 1.29 is 9.68 Å². The summed E-state index contributed by atoms with van der Waals surface area (Å²) in [5, 5.41) is 14.0. The highest BCUT2D eigenvalue weighted by Gasteiger charge is 2.19. The molecule has 0 aliphatic carbocycles. The summed E-state index contributed by atoms with van der Waals surface area (Å²) in [7, 11) is 0.714. The average molecular weight is 527 g/mol. The number of fused-ring (bicyclic) bond motifs is 6. The largest absolute Gasteiger partial charge is 0.569 e. The Balaban J connectivity index is 1.48. The molecule has 6 aromatic carbocycles. The van der Waals surface area contributed by atoms with E-state index >= 15 is 0 Å². The van der Waals surface area contributed by atoms with Gasteiger partial charge >= 0.3 is 7.69 Å². The number of para-hydroxylation sites is 3. The van der Waals surface area contributed by atoms with E-state index in [0.29, 0.717) is 13.4 Å². The Labute approximate surface area is 237 Å². The van der Waals surface area contributed by atoms with Gasteiger partial charge in [-0.2, -0.15) is 0 Å². The molecule has 0 saturated heterocycles. The number of rotatable bonds is 5. The van der Waals surface area contributed by atoms with Gasteiger partial charge in [-0.25, -0.2) is 0 Å². The molecular formula is C36H24BN2O2. The molecule has 0 aliphatic heterocycles. The molecule has 0 aliphatic rings. The fourth-order valence-electron chi connectivity index (χ4n) is 6.18. The van der Waals surface area contributed by atoms with Crippen molar-refractivity contribution in [3.8, 4) is 28.3 Å². The lowest BCUT2D eigenvalue weighted by Crippen LogP contribution is -1.99. The van der Waals surface area contributed by atoms with E-state index in [4.69, 9.17) is 9.68 Å². The smallest absolute Gasteiger partial charge is 0.537 e. The van der Waals surface area contributed by atoms with E-state index in [9.17, 15) is 0 Å². The fourth-order valence-corrected chi connectivity index (χ4v) is 6.18. The van der Waals surface area contributed by atoms with Crippen molar-refractivity contribution in [2.75, 3.05) is 0 Å². The molecular weight excluding hydrogens is 503 g/mol. The van der Waals surface area contributed by atoms with Crippen molar-refractivity contribution in [2.45, 2.75) is 0 Å². The second kappa shape index (κ2) is 9.44. The van der Waals surface area contributed by atoms with Crippen LogP contribution in [0.5, 0.6) is 5.75 Å². The van der Waals surface area contributed by atoms with E-state index in [1.807, 2.05) is 18.2 Å². The molecule has 2 aromatic heterocycles. The van der Waals surface area contributed by atoms with Crippen LogP contribution in [0, 0.1) is 0 Å². The quantitative estimate of drug-likeness (QED) is 0.228. The Hall–Kier alpha value is -5.26. The zero-order valence-corrected chi connectivity index (χ0v) is 22.1. The van der Waals surface area contributed by atoms with Crippen molar-refractivity contribution in [2.24, 2.45) is 0 Å². The van der Waals surface area contributed by atoms with Crippen LogP contribution in [0.1, 0.15) is 0 Å². The Morgan fingerprint density at radius 2 is 1.02 bits per heavy atom. The van der Waals surface area contributed by atoms with Gasteiger partial charge in [-0.05, 0) is 71.8 Å². The van der Waals surface area contributed by atoms with E-state index in [2.05, 4.69) is 130 Å². The zero-order chi connectivity index (χ0) is 27.3. The third kappa shape index (κ3) is 3.74. The number of hydrogen-bond acceptors (Lipinski definition) is 2. The fraction of sp³-hybridized carbons (Fsp3) is 0. The van der Waals surface area contributed by atoms with E-state index in [0.717, 1.165) is 33.5 Å². The van der Waals surface area contributed by atoms with Crippen LogP contribution < -0.4 is 4.65 Å². The number of benzene rings is 6. The summed E-state index contributed by atoms with van der Waals surface area (Å²) in [6.07, 6.45) is 0. The topological polar surface area (TPSA) is 39.3 Å². The average Bonchev–Trinajstić information content (AvgIpc) is 3.52. The van der Waals surface area contributed by atoms with Crippen molar-refractivity contribution in [1.29, 1.82) is 0 Å². The van der Waals surface area contributed by atoms with Crippen molar-refractivity contribution in [3.05, 3.63) is 140 Å². The first-order valence-corrected chi connectivity index (χ1v) is 13.7. The molecule has 5 heteroatoms. The molecule has 0 saturated carbocycles. The Bertz CT molecular complexity index is 2220. The van der Waals surface area contributed by atoms with Gasteiger partial charge < -0.3 is 18.8 Å². The highest BCUT2D eigenvalue weighted by Crippen LogP contribution is 2.40. The predicted octanol–water partition coefficient (Wildman–Crippen LogP) is 8.45. The lowest BCUT2D eigenvalue weighted by molar-refractivity contribution is 0.454. The van der Waals surface area contributed by atoms with Gasteiger partial charge in [0, 0.05) is 32.9 Å². The van der Waals surface area contributed by atoms with Gasteiger partial charge in [-0.15, -0.1) is 0 Å². The molecule has 0 unspecified atom stereocenters. The standard InChI is InChI=1S/C36H24BN2O2/c40-37-41-28-15-9-10-24(20-28)25-18-19-30-32-22-31-29-16-7-8-17-33(29)38(26-11-3-1-4-12-26)35(31)23-36(32)39(34(30)21-25)27-13-5-2-6-14-27/h1-23,40H. The molecule has 0 fully saturated rings. The molecule has 1 radical (unpaired) electrons. The van der Waals surface area contributed by atoms with Crippen LogP contribution in [0.3, 0.4) is 0 Å². The molecule has 0 atom stereocenters. The van der Waals surface area contributed by atoms with E-state index < -0.39 is 0 Å². The normalized spacial score (nSPS) is 11.5.